The second-order valence-electron chi connectivity index (χ2n) is 6.80. The second-order valence-corrected chi connectivity index (χ2v) is 7.24. The fraction of sp³-hybridized carbons (Fsp3) is 0.200. The van der Waals surface area contributed by atoms with Crippen molar-refractivity contribution in [2.45, 2.75) is 12.8 Å². The van der Waals surface area contributed by atoms with Gasteiger partial charge in [-0.3, -0.25) is 14.7 Å². The van der Waals surface area contributed by atoms with Gasteiger partial charge in [-0.2, -0.15) is 13.2 Å². The Morgan fingerprint density at radius 2 is 1.91 bits per heavy atom. The molecular weight excluding hydrogens is 451 g/mol. The van der Waals surface area contributed by atoms with Crippen LogP contribution in [0.25, 0.3) is 11.4 Å². The molecule has 0 spiro atoms. The van der Waals surface area contributed by atoms with Crippen LogP contribution in [0.5, 0.6) is 5.75 Å². The summed E-state index contributed by atoms with van der Waals surface area (Å²) in [7, 11) is 3.23. The lowest BCUT2D eigenvalue weighted by Gasteiger charge is -2.12. The number of nitro groups is 1. The van der Waals surface area contributed by atoms with Crippen LogP contribution in [0, 0.1) is 10.1 Å². The highest BCUT2D eigenvalue weighted by atomic mass is 35.5. The molecule has 0 fully saturated rings. The smallest absolute Gasteiger partial charge is 0.416 e. The zero-order chi connectivity index (χ0) is 23.5. The SMILES string of the molecule is CN(C)/C=C(/c1nnc(COc2cccc(C(F)(F)F)c2)n1-c1ccc(Cl)cc1)[N+](=O)[O-]. The molecule has 2 aromatic carbocycles. The minimum atomic E-state index is -4.52. The van der Waals surface area contributed by atoms with Crippen LogP contribution in [0.4, 0.5) is 13.2 Å². The van der Waals surface area contributed by atoms with Gasteiger partial charge >= 0.3 is 11.9 Å². The Hall–Kier alpha value is -3.60. The zero-order valence-electron chi connectivity index (χ0n) is 16.9. The van der Waals surface area contributed by atoms with Gasteiger partial charge in [-0.05, 0) is 42.5 Å². The number of nitrogens with zero attached hydrogens (tertiary/aromatic N) is 5. The van der Waals surface area contributed by atoms with E-state index >= 15 is 0 Å². The van der Waals surface area contributed by atoms with Gasteiger partial charge in [-0.25, -0.2) is 0 Å². The quantitative estimate of drug-likeness (QED) is 0.371. The first-order valence-electron chi connectivity index (χ1n) is 9.09. The molecule has 0 radical (unpaired) electrons. The van der Waals surface area contributed by atoms with E-state index in [0.717, 1.165) is 12.1 Å². The monoisotopic (exact) mass is 467 g/mol. The van der Waals surface area contributed by atoms with E-state index in [1.54, 1.807) is 38.4 Å². The lowest BCUT2D eigenvalue weighted by atomic mass is 10.2. The number of halogens is 4. The van der Waals surface area contributed by atoms with Crippen molar-refractivity contribution in [3.8, 4) is 11.4 Å². The summed E-state index contributed by atoms with van der Waals surface area (Å²) in [5.74, 6) is 0.0327. The highest BCUT2D eigenvalue weighted by molar-refractivity contribution is 6.30. The van der Waals surface area contributed by atoms with E-state index in [2.05, 4.69) is 10.2 Å². The molecule has 168 valence electrons. The Bertz CT molecular complexity index is 1140. The third-order valence-electron chi connectivity index (χ3n) is 4.15. The Balaban J connectivity index is 2.02. The van der Waals surface area contributed by atoms with E-state index in [1.165, 1.54) is 27.8 Å². The first-order chi connectivity index (χ1) is 15.1. The summed E-state index contributed by atoms with van der Waals surface area (Å²) in [6.07, 6.45) is -3.25. The number of ether oxygens (including phenoxy) is 1. The molecule has 0 aliphatic rings. The molecule has 8 nitrogen and oxygen atoms in total. The van der Waals surface area contributed by atoms with E-state index in [-0.39, 0.29) is 29.7 Å². The molecule has 3 aromatic rings. The van der Waals surface area contributed by atoms with Crippen molar-refractivity contribution >= 4 is 17.3 Å². The summed E-state index contributed by atoms with van der Waals surface area (Å²) >= 11 is 5.94. The van der Waals surface area contributed by atoms with Crippen LogP contribution in [-0.4, -0.2) is 38.7 Å². The average Bonchev–Trinajstić information content (AvgIpc) is 3.14. The van der Waals surface area contributed by atoms with Crippen LogP contribution in [0.3, 0.4) is 0 Å². The number of rotatable bonds is 7. The molecule has 0 saturated heterocycles. The molecule has 0 bridgehead atoms. The third-order valence-corrected chi connectivity index (χ3v) is 4.40. The molecule has 0 atom stereocenters. The molecule has 0 aliphatic heterocycles. The van der Waals surface area contributed by atoms with Gasteiger partial charge in [-0.1, -0.05) is 17.7 Å². The minimum Gasteiger partial charge on any atom is -0.486 e. The maximum atomic E-state index is 13.0. The predicted molar refractivity (Wildman–Crippen MR) is 111 cm³/mol. The van der Waals surface area contributed by atoms with E-state index in [0.29, 0.717) is 10.7 Å². The van der Waals surface area contributed by atoms with Gasteiger partial charge < -0.3 is 9.64 Å². The number of benzene rings is 2. The van der Waals surface area contributed by atoms with Crippen molar-refractivity contribution in [3.05, 3.63) is 87.1 Å². The fourth-order valence-electron chi connectivity index (χ4n) is 2.78. The minimum absolute atomic E-state index is 0.0367. The maximum absolute atomic E-state index is 13.0. The Morgan fingerprint density at radius 3 is 2.50 bits per heavy atom. The fourth-order valence-corrected chi connectivity index (χ4v) is 2.90. The summed E-state index contributed by atoms with van der Waals surface area (Å²) in [6.45, 7) is -0.288. The van der Waals surface area contributed by atoms with E-state index in [1.807, 2.05) is 0 Å². The molecule has 0 aliphatic carbocycles. The standard InChI is InChI=1S/C20H17ClF3N5O3/c1-27(2)11-17(29(30)31)19-26-25-18(28(19)15-8-6-14(21)7-9-15)12-32-16-5-3-4-13(10-16)20(22,23)24/h3-11H,12H2,1-2H3/b17-11-. The van der Waals surface area contributed by atoms with Gasteiger partial charge in [0.15, 0.2) is 5.82 Å². The van der Waals surface area contributed by atoms with Gasteiger partial charge in [0.25, 0.3) is 0 Å². The predicted octanol–water partition coefficient (Wildman–Crippen LogP) is 4.66. The normalized spacial score (nSPS) is 12.0. The molecule has 1 heterocycles. The van der Waals surface area contributed by atoms with Crippen LogP contribution < -0.4 is 4.74 Å². The largest absolute Gasteiger partial charge is 0.486 e. The molecule has 0 amide bonds. The van der Waals surface area contributed by atoms with Crippen molar-refractivity contribution in [3.63, 3.8) is 0 Å². The molecule has 32 heavy (non-hydrogen) atoms. The first-order valence-corrected chi connectivity index (χ1v) is 9.47. The zero-order valence-corrected chi connectivity index (χ0v) is 17.6. The van der Waals surface area contributed by atoms with Gasteiger partial charge in [0.1, 0.15) is 12.4 Å². The highest BCUT2D eigenvalue weighted by Crippen LogP contribution is 2.31. The van der Waals surface area contributed by atoms with Gasteiger partial charge in [0, 0.05) is 24.8 Å². The lowest BCUT2D eigenvalue weighted by Crippen LogP contribution is -2.13. The van der Waals surface area contributed by atoms with Gasteiger partial charge in [0.2, 0.25) is 5.82 Å². The molecule has 12 heteroatoms. The van der Waals surface area contributed by atoms with Crippen LogP contribution >= 0.6 is 11.6 Å². The van der Waals surface area contributed by atoms with Crippen LogP contribution in [0.1, 0.15) is 17.2 Å². The van der Waals surface area contributed by atoms with E-state index in [9.17, 15) is 23.3 Å². The Morgan fingerprint density at radius 1 is 1.22 bits per heavy atom. The highest BCUT2D eigenvalue weighted by Gasteiger charge is 2.31. The summed E-state index contributed by atoms with van der Waals surface area (Å²) in [6, 6.07) is 10.8. The van der Waals surface area contributed by atoms with Crippen LogP contribution in [-0.2, 0) is 12.8 Å². The van der Waals surface area contributed by atoms with Crippen molar-refractivity contribution in [2.75, 3.05) is 14.1 Å². The molecule has 0 unspecified atom stereocenters. The van der Waals surface area contributed by atoms with Gasteiger partial charge in [-0.15, -0.1) is 10.2 Å². The topological polar surface area (TPSA) is 86.3 Å². The molecule has 3 rings (SSSR count). The lowest BCUT2D eigenvalue weighted by molar-refractivity contribution is -0.377. The van der Waals surface area contributed by atoms with Crippen molar-refractivity contribution in [2.24, 2.45) is 0 Å². The third kappa shape index (κ3) is 5.35. The molecule has 1 aromatic heterocycles. The summed E-state index contributed by atoms with van der Waals surface area (Å²) in [5, 5.41) is 20.0. The molecular formula is C20H17ClF3N5O3. The number of aromatic nitrogens is 3. The van der Waals surface area contributed by atoms with E-state index in [4.69, 9.17) is 16.3 Å². The second kappa shape index (κ2) is 9.27. The average molecular weight is 468 g/mol. The van der Waals surface area contributed by atoms with E-state index < -0.39 is 16.7 Å². The Labute approximate surface area is 185 Å². The number of hydrogen-bond acceptors (Lipinski definition) is 6. The summed E-state index contributed by atoms with van der Waals surface area (Å²) in [5.41, 5.74) is -0.731. The van der Waals surface area contributed by atoms with Crippen LogP contribution in [0.2, 0.25) is 5.02 Å². The van der Waals surface area contributed by atoms with Crippen molar-refractivity contribution in [1.29, 1.82) is 0 Å². The van der Waals surface area contributed by atoms with Crippen LogP contribution in [0.15, 0.2) is 54.7 Å². The van der Waals surface area contributed by atoms with Crippen molar-refractivity contribution < 1.29 is 22.8 Å². The number of hydrogen-bond donors (Lipinski definition) is 0. The first kappa shape index (κ1) is 23.1. The molecule has 0 N–H and O–H groups in total. The number of alkyl halides is 3. The summed E-state index contributed by atoms with van der Waals surface area (Å²) in [4.78, 5) is 12.5. The Kier molecular flexibility index (Phi) is 6.68. The molecule has 0 saturated carbocycles. The van der Waals surface area contributed by atoms with Crippen molar-refractivity contribution in [1.82, 2.24) is 19.7 Å². The maximum Gasteiger partial charge on any atom is 0.416 e. The summed E-state index contributed by atoms with van der Waals surface area (Å²) < 4.78 is 45.8. The van der Waals surface area contributed by atoms with Gasteiger partial charge in [0.05, 0.1) is 16.7 Å².